The predicted molar refractivity (Wildman–Crippen MR) is 209 cm³/mol. The highest BCUT2D eigenvalue weighted by Crippen LogP contribution is 2.32. The Hall–Kier alpha value is -6.88. The van der Waals surface area contributed by atoms with Crippen molar-refractivity contribution in [3.05, 3.63) is 232 Å². The lowest BCUT2D eigenvalue weighted by Gasteiger charge is -2.24. The summed E-state index contributed by atoms with van der Waals surface area (Å²) in [5, 5.41) is 19.3. The number of benzene rings is 5. The fraction of sp³-hybridized carbons (Fsp3) is 0.0638. The normalized spacial score (nSPS) is 12.1. The predicted octanol–water partition coefficient (Wildman–Crippen LogP) is 11.0. The van der Waals surface area contributed by atoms with Gasteiger partial charge in [-0.3, -0.25) is 0 Å². The van der Waals surface area contributed by atoms with Crippen LogP contribution in [0.4, 0.5) is 0 Å². The van der Waals surface area contributed by atoms with Crippen LogP contribution in [0.3, 0.4) is 0 Å². The first-order chi connectivity index (χ1) is 24.9. The highest BCUT2D eigenvalue weighted by Gasteiger charge is 2.20. The molecule has 0 unspecified atom stereocenters. The molecule has 0 radical (unpaired) electrons. The van der Waals surface area contributed by atoms with Gasteiger partial charge >= 0.3 is 0 Å². The molecule has 0 bridgehead atoms. The molecule has 0 atom stereocenters. The molecule has 4 nitrogen and oxygen atoms in total. The number of rotatable bonds is 8. The summed E-state index contributed by atoms with van der Waals surface area (Å²) in [5.41, 5.74) is 9.99. The van der Waals surface area contributed by atoms with E-state index < -0.39 is 0 Å². The zero-order chi connectivity index (χ0) is 36.0. The topological polar surface area (TPSA) is 60.0 Å². The second-order valence-corrected chi connectivity index (χ2v) is 11.9. The van der Waals surface area contributed by atoms with Gasteiger partial charge in [-0.15, -0.1) is 0 Å². The van der Waals surface area contributed by atoms with E-state index in [0.717, 1.165) is 44.7 Å². The second kappa shape index (κ2) is 17.5. The van der Waals surface area contributed by atoms with Crippen LogP contribution in [0.5, 0.6) is 0 Å². The Morgan fingerprint density at radius 2 is 1.08 bits per heavy atom. The smallest absolute Gasteiger partial charge is 0.150 e. The van der Waals surface area contributed by atoms with Gasteiger partial charge in [0.15, 0.2) is 5.76 Å². The molecule has 6 rings (SSSR count). The van der Waals surface area contributed by atoms with Crippen molar-refractivity contribution < 1.29 is 4.74 Å². The molecule has 1 heterocycles. The highest BCUT2D eigenvalue weighted by atomic mass is 16.5. The van der Waals surface area contributed by atoms with E-state index in [1.54, 1.807) is 13.0 Å². The fourth-order valence-electron chi connectivity index (χ4n) is 5.67. The first kappa shape index (κ1) is 35.4. The van der Waals surface area contributed by atoms with Gasteiger partial charge < -0.3 is 9.64 Å². The first-order valence-corrected chi connectivity index (χ1v) is 16.6. The maximum atomic E-state index is 10.2. The standard InChI is InChI=1S/C29H21N.C18H18N2O/c30-22-27(29(25-17-9-3-10-18-25)26-19-11-4-12-20-26)21-28(23-13-5-1-6-14-23)24-15-7-2-8-16-24;1-13-10-18(21-14(2)16(13)12-19)17(20(3)4)11-15-8-6-5-7-9-15/h1-21H;5-11H,1H2,2-4H3. The third kappa shape index (κ3) is 9.18. The van der Waals surface area contributed by atoms with Gasteiger partial charge in [0.25, 0.3) is 0 Å². The molecule has 0 fully saturated rings. The number of nitriles is 2. The van der Waals surface area contributed by atoms with Gasteiger partial charge in [-0.2, -0.15) is 10.5 Å². The van der Waals surface area contributed by atoms with Crippen LogP contribution < -0.4 is 0 Å². The molecule has 0 aliphatic carbocycles. The Kier molecular flexibility index (Phi) is 12.2. The van der Waals surface area contributed by atoms with Gasteiger partial charge in [-0.25, -0.2) is 0 Å². The summed E-state index contributed by atoms with van der Waals surface area (Å²) in [6, 6.07) is 55.3. The maximum absolute atomic E-state index is 10.2. The minimum Gasteiger partial charge on any atom is -0.458 e. The monoisotopic (exact) mass is 661 g/mol. The molecule has 0 saturated heterocycles. The molecular formula is C47H39N3O. The molecule has 1 aliphatic rings. The summed E-state index contributed by atoms with van der Waals surface area (Å²) in [5.74, 6) is 1.28. The summed E-state index contributed by atoms with van der Waals surface area (Å²) in [7, 11) is 3.92. The fourth-order valence-corrected chi connectivity index (χ4v) is 5.67. The molecule has 0 spiro atoms. The number of likely N-dealkylation sites (N-methyl/N-ethyl adjacent to an activating group) is 1. The number of nitrogens with zero attached hydrogens (tertiary/aromatic N) is 3. The van der Waals surface area contributed by atoms with E-state index in [9.17, 15) is 5.26 Å². The number of ether oxygens (including phenoxy) is 1. The largest absolute Gasteiger partial charge is 0.458 e. The first-order valence-electron chi connectivity index (χ1n) is 16.6. The van der Waals surface area contributed by atoms with Gasteiger partial charge in [-0.05, 0) is 64.1 Å². The van der Waals surface area contributed by atoms with Gasteiger partial charge in [0.1, 0.15) is 11.8 Å². The molecule has 51 heavy (non-hydrogen) atoms. The third-order valence-corrected chi connectivity index (χ3v) is 8.16. The average molecular weight is 662 g/mol. The quantitative estimate of drug-likeness (QED) is 0.123. The second-order valence-electron chi connectivity index (χ2n) is 11.9. The van der Waals surface area contributed by atoms with Crippen molar-refractivity contribution in [1.29, 1.82) is 10.5 Å². The van der Waals surface area contributed by atoms with Gasteiger partial charge in [0, 0.05) is 19.7 Å². The van der Waals surface area contributed by atoms with E-state index in [-0.39, 0.29) is 0 Å². The average Bonchev–Trinajstić information content (AvgIpc) is 3.17. The van der Waals surface area contributed by atoms with Crippen LogP contribution in [0.25, 0.3) is 17.2 Å². The molecule has 0 amide bonds. The van der Waals surface area contributed by atoms with Crippen molar-refractivity contribution in [2.24, 2.45) is 0 Å². The van der Waals surface area contributed by atoms with E-state index in [4.69, 9.17) is 10.00 Å². The van der Waals surface area contributed by atoms with Crippen molar-refractivity contribution in [3.63, 3.8) is 0 Å². The minimum atomic E-state index is 0.497. The van der Waals surface area contributed by atoms with Crippen LogP contribution in [0.1, 0.15) is 34.7 Å². The van der Waals surface area contributed by atoms with Gasteiger partial charge in [0.05, 0.1) is 22.9 Å². The van der Waals surface area contributed by atoms with Crippen LogP contribution in [-0.4, -0.2) is 19.0 Å². The van der Waals surface area contributed by atoms with Crippen LogP contribution in [-0.2, 0) is 4.74 Å². The van der Waals surface area contributed by atoms with E-state index in [1.807, 2.05) is 134 Å². The summed E-state index contributed by atoms with van der Waals surface area (Å²) in [6.07, 6.45) is 5.87. The Morgan fingerprint density at radius 1 is 0.647 bits per heavy atom. The van der Waals surface area contributed by atoms with Crippen molar-refractivity contribution in [2.45, 2.75) is 6.92 Å². The van der Waals surface area contributed by atoms with Crippen LogP contribution in [0.15, 0.2) is 204 Å². The Balaban J connectivity index is 0.000000211. The minimum absolute atomic E-state index is 0.497. The van der Waals surface area contributed by atoms with E-state index in [2.05, 4.69) is 67.2 Å². The van der Waals surface area contributed by atoms with Crippen molar-refractivity contribution in [1.82, 2.24) is 4.90 Å². The van der Waals surface area contributed by atoms with Crippen LogP contribution in [0.2, 0.25) is 0 Å². The lowest BCUT2D eigenvalue weighted by atomic mass is 9.90. The molecule has 4 heteroatoms. The zero-order valence-corrected chi connectivity index (χ0v) is 29.1. The molecule has 1 aliphatic heterocycles. The van der Waals surface area contributed by atoms with Crippen molar-refractivity contribution in [3.8, 4) is 12.1 Å². The van der Waals surface area contributed by atoms with Gasteiger partial charge in [-0.1, -0.05) is 158 Å². The van der Waals surface area contributed by atoms with Crippen molar-refractivity contribution in [2.75, 3.05) is 14.1 Å². The van der Waals surface area contributed by atoms with Crippen LogP contribution >= 0.6 is 0 Å². The SMILES string of the molecule is C=C1C=C(C(=Cc2ccccc2)N(C)C)OC(C)=C1C#N.N#CC(C=C(c1ccccc1)c1ccccc1)=C(c1ccccc1)c1ccccc1. The van der Waals surface area contributed by atoms with Crippen molar-refractivity contribution >= 4 is 17.2 Å². The summed E-state index contributed by atoms with van der Waals surface area (Å²) in [6.45, 7) is 5.72. The molecule has 248 valence electrons. The Labute approximate surface area is 301 Å². The lowest BCUT2D eigenvalue weighted by molar-refractivity contribution is 0.288. The maximum Gasteiger partial charge on any atom is 0.150 e. The molecule has 0 aromatic heterocycles. The number of hydrogen-bond donors (Lipinski definition) is 0. The Morgan fingerprint density at radius 3 is 1.47 bits per heavy atom. The molecular weight excluding hydrogens is 623 g/mol. The molecule has 0 N–H and O–H groups in total. The van der Waals surface area contributed by atoms with E-state index >= 15 is 0 Å². The Bertz CT molecular complexity index is 2110. The molecule has 5 aromatic carbocycles. The summed E-state index contributed by atoms with van der Waals surface area (Å²) in [4.78, 5) is 1.98. The highest BCUT2D eigenvalue weighted by molar-refractivity contribution is 5.90. The number of allylic oxidation sites excluding steroid dienone is 6. The lowest BCUT2D eigenvalue weighted by Crippen LogP contribution is -2.16. The third-order valence-electron chi connectivity index (χ3n) is 8.16. The van der Waals surface area contributed by atoms with E-state index in [0.29, 0.717) is 28.2 Å². The molecule has 0 saturated carbocycles. The summed E-state index contributed by atoms with van der Waals surface area (Å²) < 4.78 is 5.80. The van der Waals surface area contributed by atoms with Gasteiger partial charge in [0.2, 0.25) is 0 Å². The number of hydrogen-bond acceptors (Lipinski definition) is 4. The zero-order valence-electron chi connectivity index (χ0n) is 29.1. The van der Waals surface area contributed by atoms with Crippen LogP contribution in [0, 0.1) is 22.7 Å². The van der Waals surface area contributed by atoms with E-state index in [1.165, 1.54) is 0 Å². The molecule has 5 aromatic rings. The summed E-state index contributed by atoms with van der Waals surface area (Å²) >= 11 is 0.